The van der Waals surface area contributed by atoms with E-state index < -0.39 is 0 Å². The van der Waals surface area contributed by atoms with E-state index in [1.807, 2.05) is 58.5 Å². The number of benzene rings is 2. The number of imidazole rings is 1. The molecule has 0 atom stereocenters. The van der Waals surface area contributed by atoms with Crippen LogP contribution in [0.2, 0.25) is 0 Å². The Balaban J connectivity index is 1.54. The van der Waals surface area contributed by atoms with E-state index >= 15 is 0 Å². The number of hydrogen-bond donors (Lipinski definition) is 0. The Morgan fingerprint density at radius 3 is 2.79 bits per heavy atom. The number of hydrogen-bond acceptors (Lipinski definition) is 5. The third kappa shape index (κ3) is 3.00. The first kappa shape index (κ1) is 17.3. The summed E-state index contributed by atoms with van der Waals surface area (Å²) >= 11 is 0. The second kappa shape index (κ2) is 7.00. The second-order valence-electron chi connectivity index (χ2n) is 7.05. The van der Waals surface area contributed by atoms with Crippen LogP contribution in [-0.2, 0) is 24.5 Å². The highest BCUT2D eigenvalue weighted by atomic mass is 16.5. The van der Waals surface area contributed by atoms with E-state index in [0.29, 0.717) is 25.5 Å². The van der Waals surface area contributed by atoms with Gasteiger partial charge in [-0.3, -0.25) is 4.57 Å². The zero-order valence-corrected chi connectivity index (χ0v) is 15.9. The molecule has 7 heteroatoms. The smallest absolute Gasteiger partial charge is 0.166 e. The molecule has 4 aromatic rings. The fourth-order valence-corrected chi connectivity index (χ4v) is 3.66. The molecule has 29 heavy (non-hydrogen) atoms. The Hall–Kier alpha value is -3.76. The Morgan fingerprint density at radius 1 is 1.10 bits per heavy atom. The van der Waals surface area contributed by atoms with E-state index in [1.54, 1.807) is 6.33 Å². The lowest BCUT2D eigenvalue weighted by molar-refractivity contribution is 0.0994. The van der Waals surface area contributed by atoms with Gasteiger partial charge in [0.1, 0.15) is 19.0 Å². The molecule has 142 valence electrons. The van der Waals surface area contributed by atoms with Crippen LogP contribution in [0.5, 0.6) is 0 Å². The SMILES string of the molecule is Cc1ccc2c(c1)-c1nnc(COCc3ccccc3)n1Cc1c(C#N)ncn1-2. The predicted octanol–water partition coefficient (Wildman–Crippen LogP) is 3.39. The van der Waals surface area contributed by atoms with Crippen molar-refractivity contribution in [2.45, 2.75) is 26.7 Å². The molecule has 2 aromatic heterocycles. The van der Waals surface area contributed by atoms with Crippen LogP contribution < -0.4 is 0 Å². The molecular formula is C22H18N6O. The zero-order chi connectivity index (χ0) is 19.8. The summed E-state index contributed by atoms with van der Waals surface area (Å²) in [5.74, 6) is 1.50. The molecule has 0 amide bonds. The average Bonchev–Trinajstić information content (AvgIpc) is 3.30. The normalized spacial score (nSPS) is 11.9. The molecule has 0 aliphatic carbocycles. The van der Waals surface area contributed by atoms with Gasteiger partial charge in [-0.2, -0.15) is 5.26 Å². The summed E-state index contributed by atoms with van der Waals surface area (Å²) in [6.45, 7) is 3.34. The largest absolute Gasteiger partial charge is 0.369 e. The first-order chi connectivity index (χ1) is 14.2. The molecule has 0 spiro atoms. The number of aryl methyl sites for hydroxylation is 1. The van der Waals surface area contributed by atoms with Crippen LogP contribution in [0.15, 0.2) is 54.9 Å². The molecule has 1 aliphatic heterocycles. The van der Waals surface area contributed by atoms with Gasteiger partial charge in [-0.05, 0) is 24.6 Å². The molecule has 7 nitrogen and oxygen atoms in total. The van der Waals surface area contributed by atoms with Gasteiger partial charge in [0.15, 0.2) is 17.3 Å². The molecule has 3 heterocycles. The van der Waals surface area contributed by atoms with Crippen molar-refractivity contribution in [2.24, 2.45) is 0 Å². The summed E-state index contributed by atoms with van der Waals surface area (Å²) in [5.41, 5.74) is 5.38. The summed E-state index contributed by atoms with van der Waals surface area (Å²) in [4.78, 5) is 4.28. The van der Waals surface area contributed by atoms with Crippen LogP contribution in [0.3, 0.4) is 0 Å². The molecule has 5 rings (SSSR count). The maximum absolute atomic E-state index is 9.51. The van der Waals surface area contributed by atoms with E-state index in [4.69, 9.17) is 4.74 Å². The van der Waals surface area contributed by atoms with E-state index in [-0.39, 0.29) is 0 Å². The molecule has 0 unspecified atom stereocenters. The number of ether oxygens (including phenoxy) is 1. The molecular weight excluding hydrogens is 364 g/mol. The molecule has 0 saturated carbocycles. The van der Waals surface area contributed by atoms with Gasteiger partial charge in [-0.25, -0.2) is 4.98 Å². The first-order valence-electron chi connectivity index (χ1n) is 9.36. The van der Waals surface area contributed by atoms with Crippen LogP contribution in [0, 0.1) is 18.3 Å². The fourth-order valence-electron chi connectivity index (χ4n) is 3.66. The minimum atomic E-state index is 0.332. The van der Waals surface area contributed by atoms with Crippen molar-refractivity contribution >= 4 is 0 Å². The second-order valence-corrected chi connectivity index (χ2v) is 7.05. The number of nitriles is 1. The van der Waals surface area contributed by atoms with Gasteiger partial charge >= 0.3 is 0 Å². The molecule has 0 radical (unpaired) electrons. The van der Waals surface area contributed by atoms with Gasteiger partial charge in [0.05, 0.1) is 24.5 Å². The van der Waals surface area contributed by atoms with Crippen molar-refractivity contribution in [3.8, 4) is 23.1 Å². The van der Waals surface area contributed by atoms with Crippen LogP contribution in [-0.4, -0.2) is 24.3 Å². The van der Waals surface area contributed by atoms with Gasteiger partial charge in [-0.1, -0.05) is 42.0 Å². The lowest BCUT2D eigenvalue weighted by Gasteiger charge is -2.09. The van der Waals surface area contributed by atoms with Crippen LogP contribution in [0.4, 0.5) is 0 Å². The zero-order valence-electron chi connectivity index (χ0n) is 15.9. The van der Waals surface area contributed by atoms with Crippen LogP contribution >= 0.6 is 0 Å². The Kier molecular flexibility index (Phi) is 4.19. The van der Waals surface area contributed by atoms with E-state index in [2.05, 4.69) is 27.3 Å². The number of nitrogens with zero attached hydrogens (tertiary/aromatic N) is 6. The Bertz CT molecular complexity index is 1230. The minimum absolute atomic E-state index is 0.332. The molecule has 0 bridgehead atoms. The predicted molar refractivity (Wildman–Crippen MR) is 106 cm³/mol. The highest BCUT2D eigenvalue weighted by Gasteiger charge is 2.25. The van der Waals surface area contributed by atoms with E-state index in [0.717, 1.165) is 39.7 Å². The standard InChI is InChI=1S/C22H18N6O/c1-15-7-8-19-17(9-15)22-26-25-21(13-29-12-16-5-3-2-4-6-16)27(22)11-20-18(10-23)24-14-28(19)20/h2-9,14H,11-13H2,1H3. The molecule has 0 saturated heterocycles. The first-order valence-corrected chi connectivity index (χ1v) is 9.36. The van der Waals surface area contributed by atoms with E-state index in [1.165, 1.54) is 0 Å². The van der Waals surface area contributed by atoms with Gasteiger partial charge in [0, 0.05) is 5.56 Å². The maximum Gasteiger partial charge on any atom is 0.166 e. The average molecular weight is 382 g/mol. The van der Waals surface area contributed by atoms with Crippen molar-refractivity contribution in [3.05, 3.63) is 83.2 Å². The molecule has 1 aliphatic rings. The van der Waals surface area contributed by atoms with Crippen molar-refractivity contribution in [1.82, 2.24) is 24.3 Å². The maximum atomic E-state index is 9.51. The Labute approximate surface area is 167 Å². The van der Waals surface area contributed by atoms with Gasteiger partial charge in [0.25, 0.3) is 0 Å². The topological polar surface area (TPSA) is 81.6 Å². The molecule has 0 fully saturated rings. The third-order valence-electron chi connectivity index (χ3n) is 5.10. The van der Waals surface area contributed by atoms with Crippen molar-refractivity contribution in [1.29, 1.82) is 5.26 Å². The van der Waals surface area contributed by atoms with Crippen molar-refractivity contribution in [2.75, 3.05) is 0 Å². The van der Waals surface area contributed by atoms with Gasteiger partial charge in [0.2, 0.25) is 0 Å². The highest BCUT2D eigenvalue weighted by molar-refractivity contribution is 5.70. The lowest BCUT2D eigenvalue weighted by atomic mass is 10.1. The Morgan fingerprint density at radius 2 is 1.97 bits per heavy atom. The summed E-state index contributed by atoms with van der Waals surface area (Å²) in [6, 6.07) is 18.4. The summed E-state index contributed by atoms with van der Waals surface area (Å²) in [6.07, 6.45) is 1.70. The quantitative estimate of drug-likeness (QED) is 0.476. The van der Waals surface area contributed by atoms with E-state index in [9.17, 15) is 5.26 Å². The van der Waals surface area contributed by atoms with Gasteiger partial charge < -0.3 is 9.30 Å². The summed E-state index contributed by atoms with van der Waals surface area (Å²) in [5, 5.41) is 18.4. The van der Waals surface area contributed by atoms with Crippen LogP contribution in [0.25, 0.3) is 17.1 Å². The third-order valence-corrected chi connectivity index (χ3v) is 5.10. The highest BCUT2D eigenvalue weighted by Crippen LogP contribution is 2.33. The monoisotopic (exact) mass is 382 g/mol. The summed E-state index contributed by atoms with van der Waals surface area (Å²) in [7, 11) is 0. The minimum Gasteiger partial charge on any atom is -0.369 e. The lowest BCUT2D eigenvalue weighted by Crippen LogP contribution is -2.09. The number of fused-ring (bicyclic) bond motifs is 5. The summed E-state index contributed by atoms with van der Waals surface area (Å²) < 4.78 is 9.89. The fraction of sp³-hybridized carbons (Fsp3) is 0.182. The molecule has 2 aromatic carbocycles. The van der Waals surface area contributed by atoms with Crippen molar-refractivity contribution in [3.63, 3.8) is 0 Å². The van der Waals surface area contributed by atoms with Gasteiger partial charge in [-0.15, -0.1) is 10.2 Å². The number of rotatable bonds is 4. The van der Waals surface area contributed by atoms with Crippen LogP contribution in [0.1, 0.15) is 28.3 Å². The van der Waals surface area contributed by atoms with Crippen molar-refractivity contribution < 1.29 is 4.74 Å². The number of aromatic nitrogens is 5. The molecule has 0 N–H and O–H groups in total.